The van der Waals surface area contributed by atoms with Crippen molar-refractivity contribution >= 4 is 16.8 Å². The summed E-state index contributed by atoms with van der Waals surface area (Å²) in [6.07, 6.45) is 1.99. The second kappa shape index (κ2) is 5.91. The Kier molecular flexibility index (Phi) is 4.25. The lowest BCUT2D eigenvalue weighted by Gasteiger charge is -2.21. The van der Waals surface area contributed by atoms with Gasteiger partial charge in [0.15, 0.2) is 0 Å². The third kappa shape index (κ3) is 2.65. The highest BCUT2D eigenvalue weighted by atomic mass is 16.2. The number of para-hydroxylation sites is 1. The van der Waals surface area contributed by atoms with Gasteiger partial charge in [-0.25, -0.2) is 0 Å². The van der Waals surface area contributed by atoms with E-state index < -0.39 is 0 Å². The molecule has 19 heavy (non-hydrogen) atoms. The smallest absolute Gasteiger partial charge is 0.256 e. The monoisotopic (exact) mass is 258 g/mol. The van der Waals surface area contributed by atoms with Crippen LogP contribution in [0.4, 0.5) is 0 Å². The van der Waals surface area contributed by atoms with E-state index in [0.717, 1.165) is 48.1 Å². The van der Waals surface area contributed by atoms with Crippen LogP contribution in [-0.4, -0.2) is 28.9 Å². The van der Waals surface area contributed by atoms with E-state index in [1.807, 2.05) is 36.1 Å². The molecular weight excluding hydrogens is 236 g/mol. The normalized spacial score (nSPS) is 10.9. The number of hydrogen-bond acceptors (Lipinski definition) is 1. The predicted molar refractivity (Wildman–Crippen MR) is 79.5 cm³/mol. The van der Waals surface area contributed by atoms with Crippen molar-refractivity contribution in [3.05, 3.63) is 35.5 Å². The average molecular weight is 258 g/mol. The number of H-pyrrole nitrogens is 1. The number of nitrogens with zero attached hydrogens (tertiary/aromatic N) is 1. The Labute approximate surface area is 114 Å². The van der Waals surface area contributed by atoms with E-state index in [0.29, 0.717) is 0 Å². The lowest BCUT2D eigenvalue weighted by molar-refractivity contribution is 0.0757. The first kappa shape index (κ1) is 13.7. The zero-order valence-corrected chi connectivity index (χ0v) is 12.0. The molecule has 0 aliphatic heterocycles. The Morgan fingerprint density at radius 2 is 1.79 bits per heavy atom. The maximum atomic E-state index is 12.7. The first-order valence-electron chi connectivity index (χ1n) is 7.05. The van der Waals surface area contributed by atoms with Crippen LogP contribution in [0.15, 0.2) is 24.3 Å². The largest absolute Gasteiger partial charge is 0.358 e. The number of nitrogens with one attached hydrogen (secondary N) is 1. The molecule has 0 fully saturated rings. The topological polar surface area (TPSA) is 36.1 Å². The second-order valence-corrected chi connectivity index (χ2v) is 4.96. The zero-order valence-electron chi connectivity index (χ0n) is 12.0. The Bertz CT molecular complexity index is 565. The van der Waals surface area contributed by atoms with Gasteiger partial charge in [-0.05, 0) is 25.8 Å². The summed E-state index contributed by atoms with van der Waals surface area (Å²) in [5.74, 6) is 0.152. The second-order valence-electron chi connectivity index (χ2n) is 4.96. The van der Waals surface area contributed by atoms with Crippen LogP contribution in [0.1, 0.15) is 42.7 Å². The minimum absolute atomic E-state index is 0.152. The maximum absolute atomic E-state index is 12.7. The van der Waals surface area contributed by atoms with E-state index in [1.165, 1.54) is 0 Å². The van der Waals surface area contributed by atoms with Gasteiger partial charge in [0.25, 0.3) is 5.91 Å². The van der Waals surface area contributed by atoms with Crippen LogP contribution in [0.3, 0.4) is 0 Å². The molecule has 102 valence electrons. The minimum atomic E-state index is 0.152. The number of fused-ring (bicyclic) bond motifs is 1. The molecule has 1 N–H and O–H groups in total. The fourth-order valence-electron chi connectivity index (χ4n) is 2.57. The van der Waals surface area contributed by atoms with Crippen LogP contribution in [0, 0.1) is 6.92 Å². The van der Waals surface area contributed by atoms with Crippen LogP contribution >= 0.6 is 0 Å². The van der Waals surface area contributed by atoms with E-state index in [-0.39, 0.29) is 5.91 Å². The Morgan fingerprint density at radius 3 is 2.42 bits per heavy atom. The highest BCUT2D eigenvalue weighted by Gasteiger charge is 2.20. The van der Waals surface area contributed by atoms with Gasteiger partial charge >= 0.3 is 0 Å². The van der Waals surface area contributed by atoms with Gasteiger partial charge in [0.2, 0.25) is 0 Å². The fraction of sp³-hybridized carbons (Fsp3) is 0.438. The number of amides is 1. The molecular formula is C16H22N2O. The van der Waals surface area contributed by atoms with Gasteiger partial charge in [0, 0.05) is 29.7 Å². The molecule has 0 saturated heterocycles. The molecule has 3 heteroatoms. The summed E-state index contributed by atoms with van der Waals surface area (Å²) >= 11 is 0. The lowest BCUT2D eigenvalue weighted by Crippen LogP contribution is -2.32. The van der Waals surface area contributed by atoms with Gasteiger partial charge in [-0.3, -0.25) is 4.79 Å². The Balaban J connectivity index is 2.42. The summed E-state index contributed by atoms with van der Waals surface area (Å²) < 4.78 is 0. The third-order valence-electron chi connectivity index (χ3n) is 3.38. The number of carbonyl (C=O) groups excluding carboxylic acids is 1. The number of benzene rings is 1. The van der Waals surface area contributed by atoms with Gasteiger partial charge in [0.05, 0.1) is 5.56 Å². The van der Waals surface area contributed by atoms with Crippen molar-refractivity contribution in [3.63, 3.8) is 0 Å². The maximum Gasteiger partial charge on any atom is 0.256 e. The molecule has 2 aromatic rings. The molecule has 0 spiro atoms. The third-order valence-corrected chi connectivity index (χ3v) is 3.38. The van der Waals surface area contributed by atoms with E-state index in [4.69, 9.17) is 0 Å². The Morgan fingerprint density at radius 1 is 1.16 bits per heavy atom. The van der Waals surface area contributed by atoms with Gasteiger partial charge < -0.3 is 9.88 Å². The molecule has 1 aromatic heterocycles. The molecule has 0 aliphatic rings. The summed E-state index contributed by atoms with van der Waals surface area (Å²) in [5.41, 5.74) is 2.83. The van der Waals surface area contributed by atoms with Crippen molar-refractivity contribution < 1.29 is 4.79 Å². The number of rotatable bonds is 5. The highest BCUT2D eigenvalue weighted by molar-refractivity contribution is 6.08. The summed E-state index contributed by atoms with van der Waals surface area (Å²) in [4.78, 5) is 18.0. The number of aromatic amines is 1. The van der Waals surface area contributed by atoms with Crippen LogP contribution in [0.5, 0.6) is 0 Å². The predicted octanol–water partition coefficient (Wildman–Crippen LogP) is 3.74. The first-order valence-corrected chi connectivity index (χ1v) is 7.05. The van der Waals surface area contributed by atoms with Crippen LogP contribution in [-0.2, 0) is 0 Å². The van der Waals surface area contributed by atoms with Crippen LogP contribution < -0.4 is 0 Å². The van der Waals surface area contributed by atoms with Gasteiger partial charge in [0.1, 0.15) is 0 Å². The molecule has 3 nitrogen and oxygen atoms in total. The molecule has 0 radical (unpaired) electrons. The quantitative estimate of drug-likeness (QED) is 0.871. The van der Waals surface area contributed by atoms with Crippen molar-refractivity contribution in [2.45, 2.75) is 33.6 Å². The molecule has 0 aliphatic carbocycles. The fourth-order valence-corrected chi connectivity index (χ4v) is 2.57. The standard InChI is InChI=1S/C16H22N2O/c1-4-10-18(11-5-2)16(19)15-12(3)17-14-9-7-6-8-13(14)15/h6-9,17H,4-5,10-11H2,1-3H3. The van der Waals surface area contributed by atoms with Crippen molar-refractivity contribution in [1.82, 2.24) is 9.88 Å². The van der Waals surface area contributed by atoms with Gasteiger partial charge in [-0.15, -0.1) is 0 Å². The molecule has 0 atom stereocenters. The SMILES string of the molecule is CCCN(CCC)C(=O)c1c(C)[nH]c2ccccc12. The van der Waals surface area contributed by atoms with Crippen molar-refractivity contribution in [2.24, 2.45) is 0 Å². The highest BCUT2D eigenvalue weighted by Crippen LogP contribution is 2.23. The van der Waals surface area contributed by atoms with Crippen molar-refractivity contribution in [2.75, 3.05) is 13.1 Å². The molecule has 0 bridgehead atoms. The van der Waals surface area contributed by atoms with Gasteiger partial charge in [-0.2, -0.15) is 0 Å². The average Bonchev–Trinajstić information content (AvgIpc) is 2.73. The molecule has 1 heterocycles. The van der Waals surface area contributed by atoms with E-state index in [1.54, 1.807) is 0 Å². The summed E-state index contributed by atoms with van der Waals surface area (Å²) in [6, 6.07) is 8.00. The minimum Gasteiger partial charge on any atom is -0.358 e. The Hall–Kier alpha value is -1.77. The first-order chi connectivity index (χ1) is 9.19. The van der Waals surface area contributed by atoms with Crippen molar-refractivity contribution in [1.29, 1.82) is 0 Å². The molecule has 0 unspecified atom stereocenters. The van der Waals surface area contributed by atoms with Crippen molar-refractivity contribution in [3.8, 4) is 0 Å². The number of aryl methyl sites for hydroxylation is 1. The molecule has 2 rings (SSSR count). The lowest BCUT2D eigenvalue weighted by atomic mass is 10.1. The van der Waals surface area contributed by atoms with E-state index in [9.17, 15) is 4.79 Å². The number of hydrogen-bond donors (Lipinski definition) is 1. The van der Waals surface area contributed by atoms with E-state index >= 15 is 0 Å². The summed E-state index contributed by atoms with van der Waals surface area (Å²) in [7, 11) is 0. The van der Waals surface area contributed by atoms with Crippen LogP contribution in [0.25, 0.3) is 10.9 Å². The number of carbonyl (C=O) groups is 1. The van der Waals surface area contributed by atoms with E-state index in [2.05, 4.69) is 18.8 Å². The molecule has 1 aromatic carbocycles. The summed E-state index contributed by atoms with van der Waals surface area (Å²) in [6.45, 7) is 7.84. The zero-order chi connectivity index (χ0) is 13.8. The number of aromatic nitrogens is 1. The summed E-state index contributed by atoms with van der Waals surface area (Å²) in [5, 5.41) is 1.03. The molecule has 1 amide bonds. The van der Waals surface area contributed by atoms with Gasteiger partial charge in [-0.1, -0.05) is 32.0 Å². The van der Waals surface area contributed by atoms with Crippen LogP contribution in [0.2, 0.25) is 0 Å². The molecule has 0 saturated carbocycles.